The van der Waals surface area contributed by atoms with Crippen molar-refractivity contribution in [3.8, 4) is 5.75 Å². The van der Waals surface area contributed by atoms with Crippen LogP contribution in [0.2, 0.25) is 0 Å². The lowest BCUT2D eigenvalue weighted by molar-refractivity contribution is -0.286. The lowest BCUT2D eigenvalue weighted by atomic mass is 9.96. The van der Waals surface area contributed by atoms with Crippen molar-refractivity contribution in [2.24, 2.45) is 0 Å². The van der Waals surface area contributed by atoms with E-state index in [9.17, 15) is 25.5 Å². The minimum absolute atomic E-state index is 0.0190. The Labute approximate surface area is 182 Å². The first-order chi connectivity index (χ1) is 14.8. The third kappa shape index (κ3) is 5.63. The van der Waals surface area contributed by atoms with E-state index in [1.165, 1.54) is 12.5 Å². The first kappa shape index (κ1) is 23.7. The zero-order valence-electron chi connectivity index (χ0n) is 17.9. The van der Waals surface area contributed by atoms with Gasteiger partial charge >= 0.3 is 0 Å². The maximum absolute atomic E-state index is 10.4. The summed E-state index contributed by atoms with van der Waals surface area (Å²) in [7, 11) is 0. The smallest absolute Gasteiger partial charge is 0.229 e. The van der Waals surface area contributed by atoms with E-state index in [2.05, 4.69) is 31.2 Å². The summed E-state index contributed by atoms with van der Waals surface area (Å²) in [5, 5.41) is 49.9. The third-order valence-electron chi connectivity index (χ3n) is 5.68. The summed E-state index contributed by atoms with van der Waals surface area (Å²) in [4.78, 5) is 0. The van der Waals surface area contributed by atoms with E-state index in [-0.39, 0.29) is 6.61 Å². The number of hydrogen-bond donors (Lipinski definition) is 5. The number of benzene rings is 2. The molecule has 0 bridgehead atoms. The average Bonchev–Trinajstić information content (AvgIpc) is 2.76. The zero-order valence-corrected chi connectivity index (χ0v) is 17.9. The number of ether oxygens (including phenoxy) is 2. The Bertz CT molecular complexity index is 836. The molecule has 0 spiro atoms. The van der Waals surface area contributed by atoms with E-state index < -0.39 is 36.8 Å². The highest BCUT2D eigenvalue weighted by Gasteiger charge is 2.46. The maximum atomic E-state index is 10.4. The molecule has 0 aliphatic carbocycles. The van der Waals surface area contributed by atoms with Crippen LogP contribution in [-0.4, -0.2) is 68.9 Å². The summed E-state index contributed by atoms with van der Waals surface area (Å²) >= 11 is 0. The average molecular weight is 433 g/mol. The van der Waals surface area contributed by atoms with Crippen LogP contribution in [0.25, 0.3) is 0 Å². The van der Waals surface area contributed by atoms with Crippen molar-refractivity contribution in [1.29, 1.82) is 0 Å². The second-order valence-corrected chi connectivity index (χ2v) is 8.06. The van der Waals surface area contributed by atoms with Crippen LogP contribution in [0.1, 0.15) is 36.1 Å². The van der Waals surface area contributed by atoms with Gasteiger partial charge in [-0.1, -0.05) is 43.3 Å². The van der Waals surface area contributed by atoms with Gasteiger partial charge in [0.15, 0.2) is 0 Å². The van der Waals surface area contributed by atoms with Crippen LogP contribution in [0.15, 0.2) is 42.5 Å². The Morgan fingerprint density at radius 1 is 0.935 bits per heavy atom. The van der Waals surface area contributed by atoms with Gasteiger partial charge in [0.2, 0.25) is 6.29 Å². The highest BCUT2D eigenvalue weighted by Crippen LogP contribution is 2.30. The molecule has 1 heterocycles. The van der Waals surface area contributed by atoms with Gasteiger partial charge in [-0.15, -0.1) is 0 Å². The van der Waals surface area contributed by atoms with Crippen molar-refractivity contribution in [2.75, 3.05) is 6.61 Å². The number of aryl methyl sites for hydroxylation is 1. The van der Waals surface area contributed by atoms with E-state index in [0.29, 0.717) is 18.6 Å². The molecule has 0 unspecified atom stereocenters. The summed E-state index contributed by atoms with van der Waals surface area (Å²) in [6.45, 7) is 3.51. The Morgan fingerprint density at radius 2 is 1.58 bits per heavy atom. The van der Waals surface area contributed by atoms with Gasteiger partial charge in [-0.05, 0) is 48.1 Å². The molecule has 1 saturated heterocycles. The van der Waals surface area contributed by atoms with Crippen LogP contribution in [0.5, 0.6) is 5.75 Å². The minimum Gasteiger partial charge on any atom is -0.462 e. The highest BCUT2D eigenvalue weighted by molar-refractivity contribution is 5.41. The monoisotopic (exact) mass is 432 g/mol. The van der Waals surface area contributed by atoms with E-state index >= 15 is 0 Å². The molecular formula is C24H32O7. The number of aliphatic hydroxyl groups excluding tert-OH is 5. The standard InChI is InChI=1S/C24H32O7/c1-3-15-4-6-16(7-5-15)12-18-9-8-17(10-11-25)13-19(18)30-24-22(29)20(27)21(28)23(31-24)14(2)26/h4-9,13-14,20-29H,3,10-12H2,1-2H3/t14-,20-,21-,22+,23+,24+/m0/s1. The molecule has 0 saturated carbocycles. The molecule has 1 aliphatic rings. The van der Waals surface area contributed by atoms with Gasteiger partial charge < -0.3 is 35.0 Å². The molecule has 0 aromatic heterocycles. The van der Waals surface area contributed by atoms with Crippen LogP contribution in [-0.2, 0) is 24.0 Å². The number of aliphatic hydroxyl groups is 5. The van der Waals surface area contributed by atoms with Crippen molar-refractivity contribution in [1.82, 2.24) is 0 Å². The largest absolute Gasteiger partial charge is 0.462 e. The fourth-order valence-electron chi connectivity index (χ4n) is 3.75. The van der Waals surface area contributed by atoms with Crippen LogP contribution in [0.4, 0.5) is 0 Å². The molecule has 1 aliphatic heterocycles. The molecular weight excluding hydrogens is 400 g/mol. The maximum Gasteiger partial charge on any atom is 0.229 e. The topological polar surface area (TPSA) is 120 Å². The molecule has 0 amide bonds. The van der Waals surface area contributed by atoms with Gasteiger partial charge in [0.25, 0.3) is 0 Å². The fourth-order valence-corrected chi connectivity index (χ4v) is 3.75. The Morgan fingerprint density at radius 3 is 2.19 bits per heavy atom. The van der Waals surface area contributed by atoms with Crippen molar-refractivity contribution < 1.29 is 35.0 Å². The summed E-state index contributed by atoms with van der Waals surface area (Å²) in [6, 6.07) is 13.9. The molecule has 7 nitrogen and oxygen atoms in total. The third-order valence-corrected chi connectivity index (χ3v) is 5.68. The fraction of sp³-hybridized carbons (Fsp3) is 0.500. The molecule has 2 aromatic carbocycles. The van der Waals surface area contributed by atoms with Gasteiger partial charge in [0.1, 0.15) is 30.2 Å². The quantitative estimate of drug-likeness (QED) is 0.421. The Hall–Kier alpha value is -2.00. The van der Waals surface area contributed by atoms with E-state index in [0.717, 1.165) is 23.1 Å². The normalized spacial score (nSPS) is 27.1. The zero-order chi connectivity index (χ0) is 22.5. The first-order valence-corrected chi connectivity index (χ1v) is 10.7. The number of rotatable bonds is 8. The van der Waals surface area contributed by atoms with Crippen LogP contribution >= 0.6 is 0 Å². The summed E-state index contributed by atoms with van der Waals surface area (Å²) in [6.07, 6.45) is -5.93. The van der Waals surface area contributed by atoms with E-state index in [1.54, 1.807) is 6.07 Å². The Kier molecular flexibility index (Phi) is 8.05. The molecule has 3 rings (SSSR count). The lowest BCUT2D eigenvalue weighted by Crippen LogP contribution is -2.61. The van der Waals surface area contributed by atoms with Gasteiger partial charge in [-0.25, -0.2) is 0 Å². The van der Waals surface area contributed by atoms with E-state index in [4.69, 9.17) is 9.47 Å². The molecule has 7 heteroatoms. The van der Waals surface area contributed by atoms with Gasteiger partial charge in [-0.2, -0.15) is 0 Å². The second-order valence-electron chi connectivity index (χ2n) is 8.06. The molecule has 6 atom stereocenters. The predicted octanol–water partition coefficient (Wildman–Crippen LogP) is 0.942. The lowest BCUT2D eigenvalue weighted by Gasteiger charge is -2.41. The number of hydrogen-bond acceptors (Lipinski definition) is 7. The van der Waals surface area contributed by atoms with Crippen molar-refractivity contribution in [3.63, 3.8) is 0 Å². The van der Waals surface area contributed by atoms with Crippen molar-refractivity contribution >= 4 is 0 Å². The van der Waals surface area contributed by atoms with Crippen LogP contribution in [0.3, 0.4) is 0 Å². The second kappa shape index (κ2) is 10.5. The Balaban J connectivity index is 1.87. The van der Waals surface area contributed by atoms with E-state index in [1.807, 2.05) is 12.1 Å². The van der Waals surface area contributed by atoms with Crippen LogP contribution < -0.4 is 4.74 Å². The van der Waals surface area contributed by atoms with Crippen LogP contribution in [0, 0.1) is 0 Å². The SMILES string of the molecule is CCc1ccc(Cc2ccc(CCO)cc2O[C@@H]2O[C@H]([C@H](C)O)[C@@H](O)[C@H](O)[C@H]2O)cc1. The molecule has 0 radical (unpaired) electrons. The van der Waals surface area contributed by atoms with Crippen molar-refractivity contribution in [3.05, 3.63) is 64.7 Å². The molecule has 31 heavy (non-hydrogen) atoms. The molecule has 1 fully saturated rings. The molecule has 5 N–H and O–H groups in total. The van der Waals surface area contributed by atoms with Crippen molar-refractivity contribution in [2.45, 2.75) is 69.9 Å². The van der Waals surface area contributed by atoms with Gasteiger partial charge in [-0.3, -0.25) is 0 Å². The van der Waals surface area contributed by atoms with Gasteiger partial charge in [0, 0.05) is 13.0 Å². The summed E-state index contributed by atoms with van der Waals surface area (Å²) < 4.78 is 11.6. The molecule has 170 valence electrons. The summed E-state index contributed by atoms with van der Waals surface area (Å²) in [5.74, 6) is 0.447. The first-order valence-electron chi connectivity index (χ1n) is 10.7. The predicted molar refractivity (Wildman–Crippen MR) is 115 cm³/mol. The van der Waals surface area contributed by atoms with Gasteiger partial charge in [0.05, 0.1) is 6.10 Å². The molecule has 2 aromatic rings. The highest BCUT2D eigenvalue weighted by atomic mass is 16.7. The minimum atomic E-state index is -1.52. The summed E-state index contributed by atoms with van der Waals surface area (Å²) in [5.41, 5.74) is 4.02.